The first-order chi connectivity index (χ1) is 15.5. The van der Waals surface area contributed by atoms with Crippen LogP contribution in [0.4, 0.5) is 8.78 Å². The van der Waals surface area contributed by atoms with Gasteiger partial charge in [0.2, 0.25) is 0 Å². The molecule has 9 heteroatoms. The Morgan fingerprint density at radius 1 is 1.03 bits per heavy atom. The first-order valence-electron chi connectivity index (χ1n) is 10.6. The number of halogens is 2. The van der Waals surface area contributed by atoms with Gasteiger partial charge in [-0.1, -0.05) is 0 Å². The number of aryl methyl sites for hydroxylation is 2. The van der Waals surface area contributed by atoms with E-state index in [2.05, 4.69) is 20.2 Å². The van der Waals surface area contributed by atoms with E-state index in [4.69, 9.17) is 0 Å². The van der Waals surface area contributed by atoms with Crippen molar-refractivity contribution in [3.05, 3.63) is 76.1 Å². The number of aliphatic hydroxyl groups is 1. The minimum absolute atomic E-state index is 0.251. The Morgan fingerprint density at radius 3 is 2.39 bits per heavy atom. The van der Waals surface area contributed by atoms with Crippen molar-refractivity contribution in [3.63, 3.8) is 0 Å². The van der Waals surface area contributed by atoms with Crippen LogP contribution in [-0.2, 0) is 19.1 Å². The summed E-state index contributed by atoms with van der Waals surface area (Å²) < 4.78 is 31.1. The first-order valence-corrected chi connectivity index (χ1v) is 10.6. The summed E-state index contributed by atoms with van der Waals surface area (Å²) in [6.07, 6.45) is 1.91. The average Bonchev–Trinajstić information content (AvgIpc) is 3.18. The van der Waals surface area contributed by atoms with Crippen molar-refractivity contribution in [2.45, 2.75) is 46.6 Å². The van der Waals surface area contributed by atoms with E-state index < -0.39 is 17.2 Å². The lowest BCUT2D eigenvalue weighted by Crippen LogP contribution is -2.18. The van der Waals surface area contributed by atoms with Gasteiger partial charge in [-0.15, -0.1) is 0 Å². The molecule has 0 aliphatic rings. The largest absolute Gasteiger partial charge is 0.386 e. The second-order valence-electron chi connectivity index (χ2n) is 8.73. The molecule has 3 aromatic heterocycles. The van der Waals surface area contributed by atoms with Crippen molar-refractivity contribution in [2.24, 2.45) is 7.05 Å². The van der Waals surface area contributed by atoms with Crippen LogP contribution in [0, 0.1) is 32.4 Å². The lowest BCUT2D eigenvalue weighted by molar-refractivity contribution is 0.0772. The lowest BCUT2D eigenvalue weighted by atomic mass is 9.96. The van der Waals surface area contributed by atoms with E-state index in [1.54, 1.807) is 30.3 Å². The van der Waals surface area contributed by atoms with Crippen molar-refractivity contribution < 1.29 is 13.9 Å². The Balaban J connectivity index is 1.70. The normalized spacial score (nSPS) is 11.9. The molecule has 0 spiro atoms. The van der Waals surface area contributed by atoms with Crippen molar-refractivity contribution >= 4 is 0 Å². The topological polar surface area (TPSA) is 81.7 Å². The molecule has 4 rings (SSSR count). The fourth-order valence-electron chi connectivity index (χ4n) is 4.37. The molecule has 0 aliphatic carbocycles. The van der Waals surface area contributed by atoms with Crippen LogP contribution in [0.3, 0.4) is 0 Å². The molecule has 1 aromatic carbocycles. The number of hydrogen-bond acceptors (Lipinski definition) is 5. The molecule has 0 bridgehead atoms. The summed E-state index contributed by atoms with van der Waals surface area (Å²) >= 11 is 0. The molecule has 0 saturated carbocycles. The van der Waals surface area contributed by atoms with Crippen LogP contribution < -0.4 is 0 Å². The van der Waals surface area contributed by atoms with Crippen LogP contribution in [0.2, 0.25) is 0 Å². The van der Waals surface area contributed by atoms with E-state index in [9.17, 15) is 13.9 Å². The maximum Gasteiger partial charge on any atom is 0.157 e. The van der Waals surface area contributed by atoms with Crippen molar-refractivity contribution in [2.75, 3.05) is 0 Å². The minimum Gasteiger partial charge on any atom is -0.386 e. The first kappa shape index (κ1) is 22.7. The molecule has 3 heterocycles. The lowest BCUT2D eigenvalue weighted by Gasteiger charge is -2.18. The fraction of sp³-hybridized carbons (Fsp3) is 0.333. The molecule has 0 radical (unpaired) electrons. The van der Waals surface area contributed by atoms with Crippen LogP contribution in [0.1, 0.15) is 47.8 Å². The quantitative estimate of drug-likeness (QED) is 0.493. The number of hydrogen-bond donors (Lipinski definition) is 1. The zero-order valence-corrected chi connectivity index (χ0v) is 19.5. The molecule has 0 aliphatic heterocycles. The van der Waals surface area contributed by atoms with E-state index in [0.29, 0.717) is 17.9 Å². The SMILES string of the molecule is Cc1nn(-c2cc(Cc3c(C)c(-c4ccc(F)cc4F)nn3C)ncn2)c(C)c1C(C)(C)O. The summed E-state index contributed by atoms with van der Waals surface area (Å²) in [6.45, 7) is 9.07. The summed E-state index contributed by atoms with van der Waals surface area (Å²) in [5.41, 5.74) is 4.35. The van der Waals surface area contributed by atoms with Gasteiger partial charge in [-0.3, -0.25) is 4.68 Å². The maximum atomic E-state index is 14.3. The van der Waals surface area contributed by atoms with Gasteiger partial charge in [0, 0.05) is 48.1 Å². The third-order valence-corrected chi connectivity index (χ3v) is 5.79. The molecule has 7 nitrogen and oxygen atoms in total. The number of rotatable bonds is 5. The van der Waals surface area contributed by atoms with E-state index >= 15 is 0 Å². The Hall–Kier alpha value is -3.46. The molecular formula is C24H26F2N6O. The second kappa shape index (κ2) is 8.15. The van der Waals surface area contributed by atoms with Gasteiger partial charge in [0.05, 0.1) is 22.7 Å². The predicted molar refractivity (Wildman–Crippen MR) is 120 cm³/mol. The average molecular weight is 453 g/mol. The van der Waals surface area contributed by atoms with Gasteiger partial charge in [0.15, 0.2) is 5.82 Å². The molecule has 0 fully saturated rings. The van der Waals surface area contributed by atoms with Crippen LogP contribution in [0.25, 0.3) is 17.1 Å². The Kier molecular flexibility index (Phi) is 5.61. The molecular weight excluding hydrogens is 426 g/mol. The van der Waals surface area contributed by atoms with Gasteiger partial charge in [0.25, 0.3) is 0 Å². The van der Waals surface area contributed by atoms with Gasteiger partial charge in [-0.05, 0) is 52.3 Å². The Bertz CT molecular complexity index is 1350. The van der Waals surface area contributed by atoms with Crippen molar-refractivity contribution in [1.82, 2.24) is 29.5 Å². The Labute approximate surface area is 190 Å². The third kappa shape index (κ3) is 4.16. The summed E-state index contributed by atoms with van der Waals surface area (Å²) in [7, 11) is 1.78. The van der Waals surface area contributed by atoms with Gasteiger partial charge >= 0.3 is 0 Å². The number of nitrogens with zero attached hydrogens (tertiary/aromatic N) is 6. The van der Waals surface area contributed by atoms with E-state index in [0.717, 1.165) is 40.0 Å². The van der Waals surface area contributed by atoms with E-state index in [1.165, 1.54) is 18.5 Å². The van der Waals surface area contributed by atoms with Crippen LogP contribution in [0.15, 0.2) is 30.6 Å². The molecule has 4 aromatic rings. The van der Waals surface area contributed by atoms with Crippen LogP contribution in [-0.4, -0.2) is 34.6 Å². The predicted octanol–water partition coefficient (Wildman–Crippen LogP) is 4.08. The zero-order chi connectivity index (χ0) is 24.1. The smallest absolute Gasteiger partial charge is 0.157 e. The van der Waals surface area contributed by atoms with E-state index in [-0.39, 0.29) is 5.56 Å². The highest BCUT2D eigenvalue weighted by Crippen LogP contribution is 2.30. The second-order valence-corrected chi connectivity index (χ2v) is 8.73. The third-order valence-electron chi connectivity index (χ3n) is 5.79. The monoisotopic (exact) mass is 452 g/mol. The molecule has 0 amide bonds. The molecule has 33 heavy (non-hydrogen) atoms. The highest BCUT2D eigenvalue weighted by atomic mass is 19.1. The molecule has 1 N–H and O–H groups in total. The van der Waals surface area contributed by atoms with Gasteiger partial charge < -0.3 is 5.11 Å². The van der Waals surface area contributed by atoms with Gasteiger partial charge in [-0.2, -0.15) is 10.2 Å². The minimum atomic E-state index is -1.03. The van der Waals surface area contributed by atoms with Crippen LogP contribution in [0.5, 0.6) is 0 Å². The molecule has 0 unspecified atom stereocenters. The zero-order valence-electron chi connectivity index (χ0n) is 19.5. The standard InChI is InChI=1S/C24H26F2N6O/c1-13-20(31(6)30-23(13)18-8-7-16(25)9-19(18)26)10-17-11-21(28-12-27-17)32-15(3)22(14(2)29-32)24(4,5)33/h7-9,11-12,33H,10H2,1-6H3. The van der Waals surface area contributed by atoms with Crippen molar-refractivity contribution in [3.8, 4) is 17.1 Å². The highest BCUT2D eigenvalue weighted by Gasteiger charge is 2.26. The molecule has 0 saturated heterocycles. The van der Waals surface area contributed by atoms with Crippen molar-refractivity contribution in [1.29, 1.82) is 0 Å². The van der Waals surface area contributed by atoms with Crippen LogP contribution >= 0.6 is 0 Å². The van der Waals surface area contributed by atoms with E-state index in [1.807, 2.05) is 26.8 Å². The summed E-state index contributed by atoms with van der Waals surface area (Å²) in [5, 5.41) is 19.5. The fourth-order valence-corrected chi connectivity index (χ4v) is 4.37. The summed E-state index contributed by atoms with van der Waals surface area (Å²) in [6, 6.07) is 5.31. The molecule has 172 valence electrons. The summed E-state index contributed by atoms with van der Waals surface area (Å²) in [4.78, 5) is 8.76. The summed E-state index contributed by atoms with van der Waals surface area (Å²) in [5.74, 6) is -0.699. The number of aromatic nitrogens is 6. The van der Waals surface area contributed by atoms with Gasteiger partial charge in [0.1, 0.15) is 18.0 Å². The maximum absolute atomic E-state index is 14.3. The Morgan fingerprint density at radius 2 is 1.76 bits per heavy atom. The number of benzene rings is 1. The highest BCUT2D eigenvalue weighted by molar-refractivity contribution is 5.64. The molecule has 0 atom stereocenters. The van der Waals surface area contributed by atoms with Gasteiger partial charge in [-0.25, -0.2) is 23.4 Å².